The van der Waals surface area contributed by atoms with Crippen molar-refractivity contribution in [1.29, 1.82) is 0 Å². The zero-order chi connectivity index (χ0) is 23.3. The Balaban J connectivity index is 1.53. The number of carbonyl (C=O) groups excluding carboxylic acids is 1. The molecule has 2 saturated carbocycles. The van der Waals surface area contributed by atoms with Gasteiger partial charge in [0.2, 0.25) is 0 Å². The normalized spacial score (nSPS) is 39.8. The SMILES string of the molecule is CC(=O)OC1=C(C)C2=CC[C@H]3[C@@H]4CC[C@H]([C@H](C)CCCC(C)C)[C@@]4(C)CC[C@@H]3[C@@]2(C)CC1. The Morgan fingerprint density at radius 3 is 2.53 bits per heavy atom. The van der Waals surface area contributed by atoms with Crippen LogP contribution in [0.5, 0.6) is 0 Å². The molecule has 0 aromatic rings. The molecule has 0 saturated heterocycles. The summed E-state index contributed by atoms with van der Waals surface area (Å²) >= 11 is 0. The number of rotatable bonds is 6. The smallest absolute Gasteiger partial charge is 0.307 e. The molecule has 0 aromatic carbocycles. The van der Waals surface area contributed by atoms with Crippen LogP contribution in [0.25, 0.3) is 0 Å². The largest absolute Gasteiger partial charge is 0.431 e. The van der Waals surface area contributed by atoms with Gasteiger partial charge in [0.15, 0.2) is 0 Å². The fourth-order valence-corrected chi connectivity index (χ4v) is 9.03. The molecule has 0 N–H and O–H groups in total. The fraction of sp³-hybridized carbons (Fsp3) is 0.833. The van der Waals surface area contributed by atoms with Crippen molar-refractivity contribution in [2.45, 2.75) is 113 Å². The van der Waals surface area contributed by atoms with Gasteiger partial charge in [-0.2, -0.15) is 0 Å². The van der Waals surface area contributed by atoms with Gasteiger partial charge in [-0.3, -0.25) is 4.79 Å². The highest BCUT2D eigenvalue weighted by Crippen LogP contribution is 2.67. The van der Waals surface area contributed by atoms with Crippen molar-refractivity contribution in [2.75, 3.05) is 0 Å². The van der Waals surface area contributed by atoms with E-state index in [1.54, 1.807) is 0 Å². The minimum absolute atomic E-state index is 0.176. The molecule has 180 valence electrons. The molecule has 0 heterocycles. The maximum absolute atomic E-state index is 11.6. The van der Waals surface area contributed by atoms with Crippen LogP contribution in [0, 0.1) is 46.3 Å². The highest BCUT2D eigenvalue weighted by Gasteiger charge is 2.59. The van der Waals surface area contributed by atoms with Crippen LogP contribution in [0.15, 0.2) is 23.0 Å². The summed E-state index contributed by atoms with van der Waals surface area (Å²) in [6.45, 7) is 16.2. The summed E-state index contributed by atoms with van der Waals surface area (Å²) in [6, 6.07) is 0. The van der Waals surface area contributed by atoms with E-state index in [2.05, 4.69) is 47.6 Å². The van der Waals surface area contributed by atoms with Gasteiger partial charge in [-0.25, -0.2) is 0 Å². The lowest BCUT2D eigenvalue weighted by Gasteiger charge is -2.58. The summed E-state index contributed by atoms with van der Waals surface area (Å²) < 4.78 is 5.61. The van der Waals surface area contributed by atoms with Crippen LogP contribution in [0.1, 0.15) is 113 Å². The third-order valence-corrected chi connectivity index (χ3v) is 10.6. The summed E-state index contributed by atoms with van der Waals surface area (Å²) in [6.07, 6.45) is 15.8. The number of allylic oxidation sites excluding steroid dienone is 4. The molecule has 2 heteroatoms. The standard InChI is InChI=1S/C30H48O2/c1-19(2)9-8-10-20(3)24-13-14-26-23-11-12-25-21(4)28(32-22(5)31)16-18-30(25,7)27(23)15-17-29(24,26)6/h12,19-20,23-24,26-27H,8-11,13-18H2,1-7H3/t20-,23+,24-,26+,27+,29-,30+/m1/s1. The van der Waals surface area contributed by atoms with E-state index >= 15 is 0 Å². The third kappa shape index (κ3) is 4.03. The highest BCUT2D eigenvalue weighted by molar-refractivity contribution is 5.68. The summed E-state index contributed by atoms with van der Waals surface area (Å²) in [5.41, 5.74) is 3.56. The first-order valence-corrected chi connectivity index (χ1v) is 13.7. The van der Waals surface area contributed by atoms with Gasteiger partial charge in [-0.15, -0.1) is 0 Å². The quantitative estimate of drug-likeness (QED) is 0.387. The van der Waals surface area contributed by atoms with Gasteiger partial charge in [0, 0.05) is 13.3 Å². The lowest BCUT2D eigenvalue weighted by molar-refractivity contribution is -0.137. The number of fused-ring (bicyclic) bond motifs is 5. The van der Waals surface area contributed by atoms with Gasteiger partial charge in [0.05, 0.1) is 0 Å². The molecule has 2 fully saturated rings. The van der Waals surface area contributed by atoms with E-state index < -0.39 is 0 Å². The summed E-state index contributed by atoms with van der Waals surface area (Å²) in [7, 11) is 0. The molecule has 2 nitrogen and oxygen atoms in total. The van der Waals surface area contributed by atoms with E-state index in [0.717, 1.165) is 54.1 Å². The molecule has 0 spiro atoms. The Kier molecular flexibility index (Phi) is 6.74. The molecule has 0 radical (unpaired) electrons. The van der Waals surface area contributed by atoms with Crippen LogP contribution >= 0.6 is 0 Å². The van der Waals surface area contributed by atoms with E-state index in [4.69, 9.17) is 4.74 Å². The molecule has 0 aliphatic heterocycles. The second-order valence-corrected chi connectivity index (χ2v) is 12.8. The topological polar surface area (TPSA) is 26.3 Å². The number of ether oxygens (including phenoxy) is 1. The van der Waals surface area contributed by atoms with Crippen LogP contribution in [0.2, 0.25) is 0 Å². The number of hydrogen-bond donors (Lipinski definition) is 0. The molecule has 0 bridgehead atoms. The predicted octanol–water partition coefficient (Wildman–Crippen LogP) is 8.47. The van der Waals surface area contributed by atoms with E-state index in [1.807, 2.05) is 0 Å². The van der Waals surface area contributed by atoms with Gasteiger partial charge in [-0.05, 0) is 103 Å². The Morgan fingerprint density at radius 2 is 1.84 bits per heavy atom. The Labute approximate surface area is 197 Å². The minimum Gasteiger partial charge on any atom is -0.431 e. The summed E-state index contributed by atoms with van der Waals surface area (Å²) in [5.74, 6) is 5.92. The van der Waals surface area contributed by atoms with E-state index in [0.29, 0.717) is 5.41 Å². The third-order valence-electron chi connectivity index (χ3n) is 10.6. The Bertz CT molecular complexity index is 789. The molecular formula is C30H48O2. The van der Waals surface area contributed by atoms with Crippen LogP contribution in [-0.4, -0.2) is 5.97 Å². The van der Waals surface area contributed by atoms with E-state index in [-0.39, 0.29) is 11.4 Å². The number of carbonyl (C=O) groups is 1. The zero-order valence-electron chi connectivity index (χ0n) is 21.9. The predicted molar refractivity (Wildman–Crippen MR) is 133 cm³/mol. The first-order chi connectivity index (χ1) is 15.1. The average Bonchev–Trinajstić information content (AvgIpc) is 3.07. The first-order valence-electron chi connectivity index (χ1n) is 13.7. The molecule has 32 heavy (non-hydrogen) atoms. The molecule has 0 aromatic heterocycles. The minimum atomic E-state index is -0.176. The van der Waals surface area contributed by atoms with E-state index in [1.165, 1.54) is 69.4 Å². The summed E-state index contributed by atoms with van der Waals surface area (Å²) in [4.78, 5) is 11.6. The molecule has 4 rings (SSSR count). The molecule has 0 amide bonds. The average molecular weight is 441 g/mol. The first kappa shape index (κ1) is 24.1. The molecule has 0 unspecified atom stereocenters. The van der Waals surface area contributed by atoms with Gasteiger partial charge >= 0.3 is 5.97 Å². The molecule has 7 atom stereocenters. The molecular weight excluding hydrogens is 392 g/mol. The molecule has 4 aliphatic carbocycles. The van der Waals surface area contributed by atoms with Crippen molar-refractivity contribution in [2.24, 2.45) is 46.3 Å². The van der Waals surface area contributed by atoms with Crippen LogP contribution in [0.4, 0.5) is 0 Å². The van der Waals surface area contributed by atoms with Crippen molar-refractivity contribution in [3.05, 3.63) is 23.0 Å². The second kappa shape index (κ2) is 8.95. The second-order valence-electron chi connectivity index (χ2n) is 12.8. The van der Waals surface area contributed by atoms with Crippen LogP contribution < -0.4 is 0 Å². The van der Waals surface area contributed by atoms with Crippen molar-refractivity contribution >= 4 is 5.97 Å². The monoisotopic (exact) mass is 440 g/mol. The van der Waals surface area contributed by atoms with Crippen molar-refractivity contribution in [3.63, 3.8) is 0 Å². The number of hydrogen-bond acceptors (Lipinski definition) is 2. The van der Waals surface area contributed by atoms with Gasteiger partial charge in [-0.1, -0.05) is 60.0 Å². The van der Waals surface area contributed by atoms with Crippen molar-refractivity contribution < 1.29 is 9.53 Å². The Morgan fingerprint density at radius 1 is 1.09 bits per heavy atom. The maximum Gasteiger partial charge on any atom is 0.307 e. The highest BCUT2D eigenvalue weighted by atomic mass is 16.5. The van der Waals surface area contributed by atoms with E-state index in [9.17, 15) is 4.79 Å². The maximum atomic E-state index is 11.6. The van der Waals surface area contributed by atoms with Crippen molar-refractivity contribution in [1.82, 2.24) is 0 Å². The van der Waals surface area contributed by atoms with Gasteiger partial charge in [0.25, 0.3) is 0 Å². The lowest BCUT2D eigenvalue weighted by Crippen LogP contribution is -2.50. The number of esters is 1. The summed E-state index contributed by atoms with van der Waals surface area (Å²) in [5, 5.41) is 0. The van der Waals surface area contributed by atoms with Gasteiger partial charge < -0.3 is 4.74 Å². The zero-order valence-corrected chi connectivity index (χ0v) is 21.9. The lowest BCUT2D eigenvalue weighted by atomic mass is 9.47. The van der Waals surface area contributed by atoms with Crippen LogP contribution in [0.3, 0.4) is 0 Å². The molecule has 4 aliphatic rings. The van der Waals surface area contributed by atoms with Crippen LogP contribution in [-0.2, 0) is 9.53 Å². The fourth-order valence-electron chi connectivity index (χ4n) is 9.03. The van der Waals surface area contributed by atoms with Gasteiger partial charge in [0.1, 0.15) is 5.76 Å². The Hall–Kier alpha value is -1.05. The van der Waals surface area contributed by atoms with Crippen molar-refractivity contribution in [3.8, 4) is 0 Å².